The van der Waals surface area contributed by atoms with Crippen LogP contribution in [0, 0.1) is 0 Å². The molecule has 0 aromatic heterocycles. The first-order valence-corrected chi connectivity index (χ1v) is 13.9. The molecule has 0 saturated carbocycles. The Morgan fingerprint density at radius 2 is 1.31 bits per heavy atom. The monoisotopic (exact) mass is 565 g/mol. The van der Waals surface area contributed by atoms with Crippen molar-refractivity contribution in [3.63, 3.8) is 0 Å². The molecule has 4 aromatic carbocycles. The van der Waals surface area contributed by atoms with E-state index in [9.17, 15) is 9.59 Å². The van der Waals surface area contributed by atoms with E-state index in [2.05, 4.69) is 31.8 Å². The van der Waals surface area contributed by atoms with Gasteiger partial charge in [0, 0.05) is 44.1 Å². The van der Waals surface area contributed by atoms with Gasteiger partial charge < -0.3 is 35.2 Å². The van der Waals surface area contributed by atoms with Gasteiger partial charge >= 0.3 is 6.03 Å². The number of ether oxygens (including phenoxy) is 2. The molecule has 1 aliphatic heterocycles. The summed E-state index contributed by atoms with van der Waals surface area (Å²) in [7, 11) is 3.23. The van der Waals surface area contributed by atoms with E-state index in [4.69, 9.17) is 9.47 Å². The van der Waals surface area contributed by atoms with Gasteiger partial charge in [0.2, 0.25) is 0 Å². The smallest absolute Gasteiger partial charge is 0.323 e. The molecule has 4 aromatic rings. The Balaban J connectivity index is 1.34. The highest BCUT2D eigenvalue weighted by molar-refractivity contribution is 6.04. The van der Waals surface area contributed by atoms with E-state index in [-0.39, 0.29) is 5.91 Å². The summed E-state index contributed by atoms with van der Waals surface area (Å²) in [5, 5.41) is 8.71. The number of para-hydroxylation sites is 4. The van der Waals surface area contributed by atoms with Gasteiger partial charge in [-0.05, 0) is 48.0 Å². The van der Waals surface area contributed by atoms with Gasteiger partial charge in [0.1, 0.15) is 11.5 Å². The van der Waals surface area contributed by atoms with Gasteiger partial charge in [0.25, 0.3) is 5.91 Å². The Kier molecular flexibility index (Phi) is 9.08. The predicted octanol–water partition coefficient (Wildman–Crippen LogP) is 5.60. The first-order valence-electron chi connectivity index (χ1n) is 13.9. The van der Waals surface area contributed by atoms with E-state index in [1.54, 1.807) is 32.4 Å². The molecule has 3 N–H and O–H groups in total. The molecular weight excluding hydrogens is 530 g/mol. The van der Waals surface area contributed by atoms with Crippen molar-refractivity contribution in [1.29, 1.82) is 0 Å². The fraction of sp³-hybridized carbons (Fsp3) is 0.212. The van der Waals surface area contributed by atoms with Gasteiger partial charge in [0.05, 0.1) is 31.2 Å². The van der Waals surface area contributed by atoms with Crippen LogP contribution in [0.1, 0.15) is 15.9 Å². The Morgan fingerprint density at radius 1 is 0.690 bits per heavy atom. The number of rotatable bonds is 9. The fourth-order valence-corrected chi connectivity index (χ4v) is 5.06. The molecule has 1 saturated heterocycles. The minimum Gasteiger partial charge on any atom is -0.495 e. The van der Waals surface area contributed by atoms with Crippen LogP contribution >= 0.6 is 0 Å². The highest BCUT2D eigenvalue weighted by Gasteiger charge is 2.24. The summed E-state index contributed by atoms with van der Waals surface area (Å²) >= 11 is 0. The lowest BCUT2D eigenvalue weighted by Crippen LogP contribution is -2.47. The molecule has 42 heavy (non-hydrogen) atoms. The quantitative estimate of drug-likeness (QED) is 0.244. The molecule has 1 aliphatic rings. The molecule has 9 heteroatoms. The normalized spacial score (nSPS) is 12.8. The first kappa shape index (κ1) is 28.4. The Labute approximate surface area is 246 Å². The second-order valence-electron chi connectivity index (χ2n) is 9.83. The third kappa shape index (κ3) is 6.75. The number of nitrogens with one attached hydrogen (secondary N) is 3. The summed E-state index contributed by atoms with van der Waals surface area (Å²) < 4.78 is 10.9. The number of anilines is 4. The molecule has 3 amide bonds. The van der Waals surface area contributed by atoms with Crippen molar-refractivity contribution in [3.05, 3.63) is 108 Å². The van der Waals surface area contributed by atoms with Crippen LogP contribution in [-0.2, 0) is 6.54 Å². The molecule has 0 radical (unpaired) electrons. The number of urea groups is 1. The second-order valence-corrected chi connectivity index (χ2v) is 9.83. The van der Waals surface area contributed by atoms with Gasteiger partial charge in [-0.25, -0.2) is 4.79 Å². The maximum atomic E-state index is 13.6. The molecular formula is C33H35N5O4. The van der Waals surface area contributed by atoms with Crippen molar-refractivity contribution in [1.82, 2.24) is 5.32 Å². The molecule has 216 valence electrons. The minimum absolute atomic E-state index is 0.213. The third-order valence-corrected chi connectivity index (χ3v) is 7.20. The number of piperazine rings is 1. The van der Waals surface area contributed by atoms with Gasteiger partial charge in [0.15, 0.2) is 0 Å². The number of nitrogens with zero attached hydrogens (tertiary/aromatic N) is 2. The number of carbonyl (C=O) groups excluding carboxylic acids is 2. The lowest BCUT2D eigenvalue weighted by molar-refractivity contribution is 0.0951. The van der Waals surface area contributed by atoms with E-state index >= 15 is 0 Å². The molecule has 0 bridgehead atoms. The zero-order valence-electron chi connectivity index (χ0n) is 23.8. The summed E-state index contributed by atoms with van der Waals surface area (Å²) in [4.78, 5) is 30.9. The molecule has 9 nitrogen and oxygen atoms in total. The average Bonchev–Trinajstić information content (AvgIpc) is 3.04. The van der Waals surface area contributed by atoms with Crippen LogP contribution in [0.3, 0.4) is 0 Å². The molecule has 1 heterocycles. The number of hydrogen-bond donors (Lipinski definition) is 3. The largest absolute Gasteiger partial charge is 0.495 e. The van der Waals surface area contributed by atoms with Gasteiger partial charge in [-0.2, -0.15) is 0 Å². The standard InChI is InChI=1S/C33H35N5O4/c1-41-30-14-8-6-12-27(30)36-33(40)35-25-16-17-28(26(22-25)32(39)34-23-24-10-4-3-5-11-24)37-18-20-38(21-19-37)29-13-7-9-15-31(29)42-2/h3-17,22H,18-21,23H2,1-2H3,(H,34,39)(H2,35,36,40). The SMILES string of the molecule is COc1ccccc1NC(=O)Nc1ccc(N2CCN(c3ccccc3OC)CC2)c(C(=O)NCc2ccccc2)c1. The Bertz CT molecular complexity index is 1520. The molecule has 0 atom stereocenters. The molecule has 5 rings (SSSR count). The fourth-order valence-electron chi connectivity index (χ4n) is 5.06. The van der Waals surface area contributed by atoms with E-state index in [0.29, 0.717) is 29.2 Å². The molecule has 0 aliphatic carbocycles. The summed E-state index contributed by atoms with van der Waals surface area (Å²) in [5.74, 6) is 1.18. The number of carbonyl (C=O) groups is 2. The highest BCUT2D eigenvalue weighted by atomic mass is 16.5. The maximum Gasteiger partial charge on any atom is 0.323 e. The lowest BCUT2D eigenvalue weighted by Gasteiger charge is -2.38. The van der Waals surface area contributed by atoms with Crippen LogP contribution < -0.4 is 35.2 Å². The van der Waals surface area contributed by atoms with Crippen LogP contribution in [0.15, 0.2) is 97.1 Å². The molecule has 0 unspecified atom stereocenters. The van der Waals surface area contributed by atoms with Gasteiger partial charge in [-0.1, -0.05) is 54.6 Å². The van der Waals surface area contributed by atoms with Crippen molar-refractivity contribution >= 4 is 34.7 Å². The van der Waals surface area contributed by atoms with Crippen LogP contribution in [0.25, 0.3) is 0 Å². The number of hydrogen-bond acceptors (Lipinski definition) is 6. The zero-order chi connectivity index (χ0) is 29.3. The van der Waals surface area contributed by atoms with Crippen molar-refractivity contribution < 1.29 is 19.1 Å². The number of methoxy groups -OCH3 is 2. The van der Waals surface area contributed by atoms with Crippen LogP contribution in [0.2, 0.25) is 0 Å². The summed E-state index contributed by atoms with van der Waals surface area (Å²) in [6.07, 6.45) is 0. The van der Waals surface area contributed by atoms with Crippen LogP contribution in [0.4, 0.5) is 27.5 Å². The van der Waals surface area contributed by atoms with Crippen molar-refractivity contribution in [2.75, 3.05) is 60.8 Å². The van der Waals surface area contributed by atoms with E-state index < -0.39 is 6.03 Å². The van der Waals surface area contributed by atoms with Crippen molar-refractivity contribution in [2.24, 2.45) is 0 Å². The van der Waals surface area contributed by atoms with E-state index in [1.807, 2.05) is 72.8 Å². The number of amides is 3. The van der Waals surface area contributed by atoms with Crippen LogP contribution in [-0.4, -0.2) is 52.3 Å². The maximum absolute atomic E-state index is 13.6. The highest BCUT2D eigenvalue weighted by Crippen LogP contribution is 2.31. The second kappa shape index (κ2) is 13.5. The number of benzene rings is 4. The summed E-state index contributed by atoms with van der Waals surface area (Å²) in [5.41, 5.74) is 4.42. The first-order chi connectivity index (χ1) is 20.6. The van der Waals surface area contributed by atoms with Gasteiger partial charge in [-0.3, -0.25) is 4.79 Å². The van der Waals surface area contributed by atoms with E-state index in [1.165, 1.54) is 0 Å². The zero-order valence-corrected chi connectivity index (χ0v) is 23.8. The Hall–Kier alpha value is -5.18. The lowest BCUT2D eigenvalue weighted by atomic mass is 10.1. The summed E-state index contributed by atoms with van der Waals surface area (Å²) in [6.45, 7) is 3.38. The Morgan fingerprint density at radius 3 is 2.02 bits per heavy atom. The predicted molar refractivity (Wildman–Crippen MR) is 167 cm³/mol. The molecule has 0 spiro atoms. The molecule has 1 fully saturated rings. The van der Waals surface area contributed by atoms with E-state index in [0.717, 1.165) is 48.9 Å². The van der Waals surface area contributed by atoms with Crippen molar-refractivity contribution in [3.8, 4) is 11.5 Å². The van der Waals surface area contributed by atoms with Gasteiger partial charge in [-0.15, -0.1) is 0 Å². The minimum atomic E-state index is -0.437. The summed E-state index contributed by atoms with van der Waals surface area (Å²) in [6, 6.07) is 30.0. The average molecular weight is 566 g/mol. The third-order valence-electron chi connectivity index (χ3n) is 7.20. The van der Waals surface area contributed by atoms with Crippen LogP contribution in [0.5, 0.6) is 11.5 Å². The topological polar surface area (TPSA) is 95.2 Å². The van der Waals surface area contributed by atoms with Crippen molar-refractivity contribution in [2.45, 2.75) is 6.54 Å².